The highest BCUT2D eigenvalue weighted by molar-refractivity contribution is 7.91. The lowest BCUT2D eigenvalue weighted by Gasteiger charge is -2.05. The number of aromatic carboxylic acids is 1. The zero-order valence-corrected chi connectivity index (χ0v) is 12.2. The summed E-state index contributed by atoms with van der Waals surface area (Å²) in [4.78, 5) is 11.1. The molecule has 1 aromatic heterocycles. The van der Waals surface area contributed by atoms with Crippen LogP contribution < -0.4 is 5.73 Å². The van der Waals surface area contributed by atoms with Gasteiger partial charge in [-0.2, -0.15) is 5.10 Å². The largest absolute Gasteiger partial charge is 0.476 e. The number of carbonyl (C=O) groups is 1. The first-order valence-corrected chi connectivity index (χ1v) is 7.92. The molecule has 8 heteroatoms. The summed E-state index contributed by atoms with van der Waals surface area (Å²) in [5, 5.41) is 12.8. The molecule has 112 valence electrons. The summed E-state index contributed by atoms with van der Waals surface area (Å²) < 4.78 is 25.1. The van der Waals surface area contributed by atoms with Gasteiger partial charge in [0.2, 0.25) is 0 Å². The summed E-state index contributed by atoms with van der Waals surface area (Å²) in [6, 6.07) is 6.05. The first-order chi connectivity index (χ1) is 9.85. The Hall–Kier alpha value is -2.35. The van der Waals surface area contributed by atoms with Gasteiger partial charge in [0.15, 0.2) is 15.5 Å². The fraction of sp³-hybridized carbons (Fsp3) is 0.231. The van der Waals surface area contributed by atoms with Crippen LogP contribution in [0.2, 0.25) is 0 Å². The summed E-state index contributed by atoms with van der Waals surface area (Å²) in [5.41, 5.74) is 5.90. The molecule has 1 aromatic carbocycles. The van der Waals surface area contributed by atoms with Crippen molar-refractivity contribution in [1.82, 2.24) is 9.78 Å². The van der Waals surface area contributed by atoms with Gasteiger partial charge in [0.25, 0.3) is 0 Å². The Morgan fingerprint density at radius 1 is 1.33 bits per heavy atom. The SMILES string of the molecule is CCCS(=O)(=O)c1ccc(-n2cc(N)c(C(=O)O)n2)cc1. The van der Waals surface area contributed by atoms with Gasteiger partial charge >= 0.3 is 5.97 Å². The van der Waals surface area contributed by atoms with Gasteiger partial charge < -0.3 is 10.8 Å². The predicted molar refractivity (Wildman–Crippen MR) is 77.3 cm³/mol. The zero-order chi connectivity index (χ0) is 15.6. The van der Waals surface area contributed by atoms with E-state index in [2.05, 4.69) is 5.10 Å². The Labute approximate surface area is 121 Å². The van der Waals surface area contributed by atoms with Gasteiger partial charge in [-0.1, -0.05) is 6.92 Å². The Morgan fingerprint density at radius 3 is 2.43 bits per heavy atom. The van der Waals surface area contributed by atoms with Crippen LogP contribution in [0, 0.1) is 0 Å². The van der Waals surface area contributed by atoms with E-state index in [1.54, 1.807) is 19.1 Å². The predicted octanol–water partition coefficient (Wildman–Crippen LogP) is 1.34. The second-order valence-corrected chi connectivity index (χ2v) is 6.60. The molecule has 0 saturated carbocycles. The van der Waals surface area contributed by atoms with Crippen LogP contribution in [0.5, 0.6) is 0 Å². The zero-order valence-electron chi connectivity index (χ0n) is 11.4. The molecule has 0 amide bonds. The topological polar surface area (TPSA) is 115 Å². The van der Waals surface area contributed by atoms with Crippen molar-refractivity contribution in [3.63, 3.8) is 0 Å². The lowest BCUT2D eigenvalue weighted by Crippen LogP contribution is -2.06. The molecule has 0 aliphatic carbocycles. The molecule has 0 spiro atoms. The molecule has 21 heavy (non-hydrogen) atoms. The number of hydrogen-bond donors (Lipinski definition) is 2. The highest BCUT2D eigenvalue weighted by Gasteiger charge is 2.15. The van der Waals surface area contributed by atoms with Crippen molar-refractivity contribution < 1.29 is 18.3 Å². The Bertz CT molecular complexity index is 763. The van der Waals surface area contributed by atoms with Crippen LogP contribution in [-0.4, -0.2) is 35.0 Å². The fourth-order valence-corrected chi connectivity index (χ4v) is 3.20. The second kappa shape index (κ2) is 5.57. The summed E-state index contributed by atoms with van der Waals surface area (Å²) in [6.45, 7) is 1.80. The minimum Gasteiger partial charge on any atom is -0.476 e. The number of benzene rings is 1. The van der Waals surface area contributed by atoms with Crippen molar-refractivity contribution in [2.75, 3.05) is 11.5 Å². The summed E-state index contributed by atoms with van der Waals surface area (Å²) in [7, 11) is -3.27. The van der Waals surface area contributed by atoms with Gasteiger partial charge in [-0.05, 0) is 30.7 Å². The molecule has 0 fully saturated rings. The molecule has 0 atom stereocenters. The molecule has 1 heterocycles. The second-order valence-electron chi connectivity index (χ2n) is 4.50. The number of nitrogens with two attached hydrogens (primary N) is 1. The summed E-state index contributed by atoms with van der Waals surface area (Å²) >= 11 is 0. The van der Waals surface area contributed by atoms with Crippen LogP contribution in [-0.2, 0) is 9.84 Å². The lowest BCUT2D eigenvalue weighted by atomic mass is 10.3. The maximum atomic E-state index is 11.9. The molecule has 0 bridgehead atoms. The van der Waals surface area contributed by atoms with Crippen LogP contribution in [0.1, 0.15) is 23.8 Å². The van der Waals surface area contributed by atoms with Gasteiger partial charge in [0, 0.05) is 0 Å². The van der Waals surface area contributed by atoms with Crippen molar-refractivity contribution >= 4 is 21.5 Å². The third kappa shape index (κ3) is 3.05. The van der Waals surface area contributed by atoms with E-state index in [0.717, 1.165) is 0 Å². The van der Waals surface area contributed by atoms with Gasteiger partial charge in [0.05, 0.1) is 28.2 Å². The first kappa shape index (κ1) is 15.0. The summed E-state index contributed by atoms with van der Waals surface area (Å²) in [6.07, 6.45) is 1.92. The minimum absolute atomic E-state index is 0.0465. The summed E-state index contributed by atoms with van der Waals surface area (Å²) in [5.74, 6) is -1.13. The Morgan fingerprint density at radius 2 is 1.95 bits per heavy atom. The number of carboxylic acids is 1. The number of carboxylic acid groups (broad SMARTS) is 1. The number of sulfone groups is 1. The third-order valence-electron chi connectivity index (χ3n) is 2.88. The molecular formula is C13H15N3O4S. The van der Waals surface area contributed by atoms with Crippen LogP contribution in [0.4, 0.5) is 5.69 Å². The van der Waals surface area contributed by atoms with Crippen LogP contribution >= 0.6 is 0 Å². The number of nitrogen functional groups attached to an aromatic ring is 1. The number of nitrogens with zero attached hydrogens (tertiary/aromatic N) is 2. The molecule has 2 aromatic rings. The van der Waals surface area contributed by atoms with Crippen LogP contribution in [0.3, 0.4) is 0 Å². The average molecular weight is 309 g/mol. The molecule has 3 N–H and O–H groups in total. The highest BCUT2D eigenvalue weighted by Crippen LogP contribution is 2.18. The average Bonchev–Trinajstić information content (AvgIpc) is 2.81. The van der Waals surface area contributed by atoms with Gasteiger partial charge in [-0.25, -0.2) is 17.9 Å². The van der Waals surface area contributed by atoms with Crippen LogP contribution in [0.25, 0.3) is 5.69 Å². The number of rotatable bonds is 5. The van der Waals surface area contributed by atoms with E-state index in [1.165, 1.54) is 23.0 Å². The van der Waals surface area contributed by atoms with Crippen molar-refractivity contribution in [2.45, 2.75) is 18.2 Å². The van der Waals surface area contributed by atoms with Crippen molar-refractivity contribution in [1.29, 1.82) is 0 Å². The Balaban J connectivity index is 2.36. The van der Waals surface area contributed by atoms with E-state index in [0.29, 0.717) is 12.1 Å². The molecule has 0 aliphatic rings. The van der Waals surface area contributed by atoms with E-state index in [-0.39, 0.29) is 22.0 Å². The number of hydrogen-bond acceptors (Lipinski definition) is 5. The molecule has 0 saturated heterocycles. The Kier molecular flexibility index (Phi) is 3.99. The van der Waals surface area contributed by atoms with Crippen LogP contribution in [0.15, 0.2) is 35.4 Å². The maximum absolute atomic E-state index is 11.9. The van der Waals surface area contributed by atoms with E-state index in [4.69, 9.17) is 10.8 Å². The lowest BCUT2D eigenvalue weighted by molar-refractivity contribution is 0.0691. The molecule has 0 radical (unpaired) electrons. The molecule has 2 rings (SSSR count). The van der Waals surface area contributed by atoms with Gasteiger partial charge in [-0.15, -0.1) is 0 Å². The van der Waals surface area contributed by atoms with Gasteiger partial charge in [0.1, 0.15) is 0 Å². The normalized spacial score (nSPS) is 11.5. The third-order valence-corrected chi connectivity index (χ3v) is 4.81. The van der Waals surface area contributed by atoms with E-state index >= 15 is 0 Å². The monoisotopic (exact) mass is 309 g/mol. The standard InChI is InChI=1S/C13H15N3O4S/c1-2-7-21(19,20)10-5-3-9(4-6-10)16-8-11(14)12(15-16)13(17)18/h3-6,8H,2,7,14H2,1H3,(H,17,18). The number of aromatic nitrogens is 2. The maximum Gasteiger partial charge on any atom is 0.358 e. The van der Waals surface area contributed by atoms with Crippen molar-refractivity contribution in [3.05, 3.63) is 36.2 Å². The quantitative estimate of drug-likeness (QED) is 0.861. The fourth-order valence-electron chi connectivity index (χ4n) is 1.88. The molecule has 0 aliphatic heterocycles. The molecule has 7 nitrogen and oxygen atoms in total. The van der Waals surface area contributed by atoms with Crippen molar-refractivity contribution in [2.24, 2.45) is 0 Å². The minimum atomic E-state index is -3.27. The highest BCUT2D eigenvalue weighted by atomic mass is 32.2. The van der Waals surface area contributed by atoms with Crippen molar-refractivity contribution in [3.8, 4) is 5.69 Å². The smallest absolute Gasteiger partial charge is 0.358 e. The van der Waals surface area contributed by atoms with E-state index in [9.17, 15) is 13.2 Å². The van der Waals surface area contributed by atoms with Gasteiger partial charge in [-0.3, -0.25) is 0 Å². The number of anilines is 1. The first-order valence-electron chi connectivity index (χ1n) is 6.27. The van der Waals surface area contributed by atoms with E-state index in [1.807, 2.05) is 0 Å². The molecule has 0 unspecified atom stereocenters. The molecular weight excluding hydrogens is 294 g/mol. The van der Waals surface area contributed by atoms with E-state index < -0.39 is 15.8 Å².